The van der Waals surface area contributed by atoms with E-state index >= 15 is 0 Å². The molecule has 3 heteroatoms. The van der Waals surface area contributed by atoms with Crippen molar-refractivity contribution in [2.75, 3.05) is 6.54 Å². The molecule has 21 heavy (non-hydrogen) atoms. The van der Waals surface area contributed by atoms with Crippen molar-refractivity contribution in [3.63, 3.8) is 0 Å². The Hall–Kier alpha value is -1.77. The van der Waals surface area contributed by atoms with E-state index in [1.54, 1.807) is 0 Å². The van der Waals surface area contributed by atoms with Crippen molar-refractivity contribution in [2.24, 2.45) is 0 Å². The van der Waals surface area contributed by atoms with E-state index in [1.165, 1.54) is 11.1 Å². The van der Waals surface area contributed by atoms with Crippen molar-refractivity contribution in [1.82, 2.24) is 5.32 Å². The lowest BCUT2D eigenvalue weighted by molar-refractivity contribution is 0.604. The molecule has 0 atom stereocenters. The summed E-state index contributed by atoms with van der Waals surface area (Å²) in [5.41, 5.74) is 4.61. The molecular weight excluding hydrogens is 282 g/mol. The van der Waals surface area contributed by atoms with Crippen LogP contribution in [0.15, 0.2) is 52.9 Å². The standard InChI is InChI=1S/C18H18ClNO/c1-13-6-2-3-7-14(13)10-11-20-12-16-15-8-4-5-9-17(15)21-18(16)19/h2-9,20H,10-12H2,1H3. The average molecular weight is 300 g/mol. The maximum atomic E-state index is 6.18. The molecule has 0 spiro atoms. The summed E-state index contributed by atoms with van der Waals surface area (Å²) >= 11 is 6.18. The number of fused-ring (bicyclic) bond motifs is 1. The van der Waals surface area contributed by atoms with Crippen LogP contribution < -0.4 is 5.32 Å². The van der Waals surface area contributed by atoms with Gasteiger partial charge in [0.1, 0.15) is 5.58 Å². The van der Waals surface area contributed by atoms with Gasteiger partial charge < -0.3 is 9.73 Å². The molecule has 0 fully saturated rings. The van der Waals surface area contributed by atoms with E-state index in [0.29, 0.717) is 5.22 Å². The summed E-state index contributed by atoms with van der Waals surface area (Å²) in [7, 11) is 0. The molecule has 2 nitrogen and oxygen atoms in total. The van der Waals surface area contributed by atoms with Crippen molar-refractivity contribution < 1.29 is 4.42 Å². The molecule has 0 aliphatic carbocycles. The van der Waals surface area contributed by atoms with Gasteiger partial charge in [-0.1, -0.05) is 42.5 Å². The van der Waals surface area contributed by atoms with Gasteiger partial charge >= 0.3 is 0 Å². The zero-order valence-corrected chi connectivity index (χ0v) is 12.8. The number of halogens is 1. The Labute approximate surface area is 129 Å². The molecule has 1 N–H and O–H groups in total. The second-order valence-electron chi connectivity index (χ2n) is 5.20. The maximum Gasteiger partial charge on any atom is 0.199 e. The maximum absolute atomic E-state index is 6.18. The van der Waals surface area contributed by atoms with Crippen LogP contribution in [0.25, 0.3) is 11.0 Å². The zero-order valence-electron chi connectivity index (χ0n) is 12.0. The summed E-state index contributed by atoms with van der Waals surface area (Å²) in [6, 6.07) is 16.4. The monoisotopic (exact) mass is 299 g/mol. The van der Waals surface area contributed by atoms with E-state index in [0.717, 1.165) is 36.0 Å². The summed E-state index contributed by atoms with van der Waals surface area (Å²) in [6.45, 7) is 3.79. The molecule has 0 saturated heterocycles. The number of benzene rings is 2. The summed E-state index contributed by atoms with van der Waals surface area (Å²) in [6.07, 6.45) is 1.01. The van der Waals surface area contributed by atoms with Gasteiger partial charge in [-0.05, 0) is 48.7 Å². The number of rotatable bonds is 5. The molecule has 0 bridgehead atoms. The van der Waals surface area contributed by atoms with E-state index in [-0.39, 0.29) is 0 Å². The Morgan fingerprint density at radius 2 is 1.81 bits per heavy atom. The number of hydrogen-bond acceptors (Lipinski definition) is 2. The molecule has 0 radical (unpaired) electrons. The van der Waals surface area contributed by atoms with Crippen LogP contribution in [-0.4, -0.2) is 6.54 Å². The van der Waals surface area contributed by atoms with Crippen LogP contribution in [-0.2, 0) is 13.0 Å². The van der Waals surface area contributed by atoms with Crippen molar-refractivity contribution >= 4 is 22.6 Å². The van der Waals surface area contributed by atoms with Gasteiger partial charge in [-0.3, -0.25) is 0 Å². The summed E-state index contributed by atoms with van der Waals surface area (Å²) in [4.78, 5) is 0. The van der Waals surface area contributed by atoms with E-state index in [1.807, 2.05) is 24.3 Å². The molecule has 1 heterocycles. The Morgan fingerprint density at radius 1 is 1.05 bits per heavy atom. The highest BCUT2D eigenvalue weighted by molar-refractivity contribution is 6.30. The first kappa shape index (κ1) is 14.2. The van der Waals surface area contributed by atoms with Crippen molar-refractivity contribution in [3.05, 3.63) is 70.4 Å². The minimum absolute atomic E-state index is 0.486. The van der Waals surface area contributed by atoms with Gasteiger partial charge in [-0.25, -0.2) is 0 Å². The lowest BCUT2D eigenvalue weighted by atomic mass is 10.1. The van der Waals surface area contributed by atoms with Crippen LogP contribution in [0, 0.1) is 6.92 Å². The van der Waals surface area contributed by atoms with Gasteiger partial charge in [-0.2, -0.15) is 0 Å². The smallest absolute Gasteiger partial charge is 0.199 e. The van der Waals surface area contributed by atoms with Crippen LogP contribution in [0.4, 0.5) is 0 Å². The summed E-state index contributed by atoms with van der Waals surface area (Å²) in [5, 5.41) is 5.03. The van der Waals surface area contributed by atoms with Gasteiger partial charge in [0.05, 0.1) is 0 Å². The Kier molecular flexibility index (Phi) is 4.28. The predicted molar refractivity (Wildman–Crippen MR) is 87.8 cm³/mol. The number of para-hydroxylation sites is 1. The molecule has 2 aromatic carbocycles. The quantitative estimate of drug-likeness (QED) is 0.689. The van der Waals surface area contributed by atoms with Gasteiger partial charge in [0.2, 0.25) is 0 Å². The SMILES string of the molecule is Cc1ccccc1CCNCc1c(Cl)oc2ccccc12. The highest BCUT2D eigenvalue weighted by atomic mass is 35.5. The number of furan rings is 1. The van der Waals surface area contributed by atoms with Crippen molar-refractivity contribution in [3.8, 4) is 0 Å². The van der Waals surface area contributed by atoms with Gasteiger partial charge in [0.15, 0.2) is 5.22 Å². The predicted octanol–water partition coefficient (Wildman–Crippen LogP) is 4.73. The first-order valence-corrected chi connectivity index (χ1v) is 7.54. The van der Waals surface area contributed by atoms with Gasteiger partial charge in [-0.15, -0.1) is 0 Å². The Balaban J connectivity index is 1.62. The third-order valence-corrected chi connectivity index (χ3v) is 4.09. The molecule has 3 rings (SSSR count). The number of aryl methyl sites for hydroxylation is 1. The van der Waals surface area contributed by atoms with E-state index in [2.05, 4.69) is 36.5 Å². The van der Waals surface area contributed by atoms with E-state index in [9.17, 15) is 0 Å². The number of hydrogen-bond donors (Lipinski definition) is 1. The van der Waals surface area contributed by atoms with Crippen molar-refractivity contribution in [1.29, 1.82) is 0 Å². The molecule has 0 saturated carbocycles. The fourth-order valence-corrected chi connectivity index (χ4v) is 2.81. The lowest BCUT2D eigenvalue weighted by Crippen LogP contribution is -2.17. The number of nitrogens with one attached hydrogen (secondary N) is 1. The topological polar surface area (TPSA) is 25.2 Å². The van der Waals surface area contributed by atoms with Crippen LogP contribution >= 0.6 is 11.6 Å². The minimum atomic E-state index is 0.486. The van der Waals surface area contributed by atoms with Gasteiger partial charge in [0, 0.05) is 17.5 Å². The Bertz CT molecular complexity index is 748. The normalized spacial score (nSPS) is 11.1. The van der Waals surface area contributed by atoms with Crippen LogP contribution in [0.5, 0.6) is 0 Å². The molecule has 0 unspecified atom stereocenters. The first-order chi connectivity index (χ1) is 10.3. The highest BCUT2D eigenvalue weighted by Crippen LogP contribution is 2.29. The van der Waals surface area contributed by atoms with E-state index < -0.39 is 0 Å². The molecular formula is C18H18ClNO. The second kappa shape index (κ2) is 6.33. The average Bonchev–Trinajstić information content (AvgIpc) is 2.81. The summed E-state index contributed by atoms with van der Waals surface area (Å²) in [5.74, 6) is 0. The third kappa shape index (κ3) is 3.12. The fraction of sp³-hybridized carbons (Fsp3) is 0.222. The zero-order chi connectivity index (χ0) is 14.7. The Morgan fingerprint density at radius 3 is 2.67 bits per heavy atom. The second-order valence-corrected chi connectivity index (χ2v) is 5.55. The third-order valence-electron chi connectivity index (χ3n) is 3.78. The van der Waals surface area contributed by atoms with Crippen LogP contribution in [0.3, 0.4) is 0 Å². The van der Waals surface area contributed by atoms with Gasteiger partial charge in [0.25, 0.3) is 0 Å². The van der Waals surface area contributed by atoms with Crippen LogP contribution in [0.1, 0.15) is 16.7 Å². The van der Waals surface area contributed by atoms with E-state index in [4.69, 9.17) is 16.0 Å². The molecule has 0 amide bonds. The molecule has 0 aliphatic heterocycles. The highest BCUT2D eigenvalue weighted by Gasteiger charge is 2.11. The first-order valence-electron chi connectivity index (χ1n) is 7.17. The molecule has 108 valence electrons. The molecule has 1 aromatic heterocycles. The largest absolute Gasteiger partial charge is 0.444 e. The fourth-order valence-electron chi connectivity index (χ4n) is 2.56. The summed E-state index contributed by atoms with van der Waals surface area (Å²) < 4.78 is 5.56. The van der Waals surface area contributed by atoms with Crippen LogP contribution in [0.2, 0.25) is 5.22 Å². The van der Waals surface area contributed by atoms with Crippen molar-refractivity contribution in [2.45, 2.75) is 19.9 Å². The lowest BCUT2D eigenvalue weighted by Gasteiger charge is -2.07. The minimum Gasteiger partial charge on any atom is -0.444 e. The molecule has 3 aromatic rings. The molecule has 0 aliphatic rings.